The number of benzene rings is 1. The molecule has 2 N–H and O–H groups in total. The number of rotatable bonds is 7. The van der Waals surface area contributed by atoms with Crippen molar-refractivity contribution in [3.8, 4) is 5.75 Å². The van der Waals surface area contributed by atoms with Crippen molar-refractivity contribution in [3.63, 3.8) is 0 Å². The van der Waals surface area contributed by atoms with Crippen molar-refractivity contribution < 1.29 is 4.74 Å². The number of nitrogens with zero attached hydrogens (tertiary/aromatic N) is 1. The van der Waals surface area contributed by atoms with E-state index in [1.807, 2.05) is 43.3 Å². The van der Waals surface area contributed by atoms with Gasteiger partial charge in [0.05, 0.1) is 12.3 Å². The molecule has 0 aliphatic rings. The van der Waals surface area contributed by atoms with E-state index in [4.69, 9.17) is 10.1 Å². The normalized spacial score (nSPS) is 10.5. The lowest BCUT2D eigenvalue weighted by molar-refractivity contribution is 0.340. The summed E-state index contributed by atoms with van der Waals surface area (Å²) in [7, 11) is 0. The average Bonchev–Trinajstić information content (AvgIpc) is 2.53. The van der Waals surface area contributed by atoms with Crippen molar-refractivity contribution in [1.82, 2.24) is 4.98 Å². The summed E-state index contributed by atoms with van der Waals surface area (Å²) in [6.07, 6.45) is 1.75. The summed E-state index contributed by atoms with van der Waals surface area (Å²) in [5.41, 5.74) is 2.07. The fraction of sp³-hybridized carbons (Fsp3) is 0.333. The third-order valence-corrected chi connectivity index (χ3v) is 3.19. The van der Waals surface area contributed by atoms with Gasteiger partial charge in [-0.05, 0) is 37.1 Å². The van der Waals surface area contributed by atoms with Gasteiger partial charge >= 0.3 is 0 Å². The Balaban J connectivity index is 2.27. The van der Waals surface area contributed by atoms with E-state index < -0.39 is 0 Å². The van der Waals surface area contributed by atoms with E-state index in [-0.39, 0.29) is 0 Å². The summed E-state index contributed by atoms with van der Waals surface area (Å²) in [5.74, 6) is 2.05. The molecule has 0 saturated heterocycles. The van der Waals surface area contributed by atoms with Crippen LogP contribution in [0.1, 0.15) is 31.9 Å². The molecule has 0 aliphatic heterocycles. The largest absolute Gasteiger partial charge is 0.494 e. The SMILES string of the molecule is CCOc1cccc(C(=N)c2cccnc2NCC(C)C)c1. The summed E-state index contributed by atoms with van der Waals surface area (Å²) in [5, 5.41) is 11.8. The monoisotopic (exact) mass is 297 g/mol. The number of anilines is 1. The lowest BCUT2D eigenvalue weighted by Crippen LogP contribution is -2.13. The summed E-state index contributed by atoms with van der Waals surface area (Å²) < 4.78 is 5.51. The smallest absolute Gasteiger partial charge is 0.135 e. The lowest BCUT2D eigenvalue weighted by Gasteiger charge is -2.14. The minimum atomic E-state index is 0.445. The van der Waals surface area contributed by atoms with E-state index in [2.05, 4.69) is 24.1 Å². The molecule has 0 aliphatic carbocycles. The molecule has 0 spiro atoms. The second-order valence-corrected chi connectivity index (χ2v) is 5.51. The first-order valence-corrected chi connectivity index (χ1v) is 7.62. The van der Waals surface area contributed by atoms with Crippen LogP contribution < -0.4 is 10.1 Å². The molecule has 0 amide bonds. The number of pyridine rings is 1. The Labute approximate surface area is 132 Å². The molecule has 0 bridgehead atoms. The van der Waals surface area contributed by atoms with E-state index in [0.29, 0.717) is 18.2 Å². The highest BCUT2D eigenvalue weighted by Gasteiger charge is 2.12. The van der Waals surface area contributed by atoms with Gasteiger partial charge in [0.2, 0.25) is 0 Å². The average molecular weight is 297 g/mol. The maximum atomic E-state index is 8.49. The summed E-state index contributed by atoms with van der Waals surface area (Å²) in [6, 6.07) is 11.4. The first-order chi connectivity index (χ1) is 10.6. The quantitative estimate of drug-likeness (QED) is 0.760. The number of hydrogen-bond acceptors (Lipinski definition) is 4. The van der Waals surface area contributed by atoms with E-state index in [0.717, 1.165) is 29.2 Å². The zero-order chi connectivity index (χ0) is 15.9. The van der Waals surface area contributed by atoms with E-state index in [1.54, 1.807) is 6.20 Å². The number of hydrogen-bond donors (Lipinski definition) is 2. The minimum absolute atomic E-state index is 0.445. The van der Waals surface area contributed by atoms with Gasteiger partial charge in [0.1, 0.15) is 11.6 Å². The van der Waals surface area contributed by atoms with Gasteiger partial charge in [-0.2, -0.15) is 0 Å². The Morgan fingerprint density at radius 2 is 2.09 bits per heavy atom. The predicted molar refractivity (Wildman–Crippen MR) is 91.1 cm³/mol. The molecule has 0 radical (unpaired) electrons. The third-order valence-electron chi connectivity index (χ3n) is 3.19. The van der Waals surface area contributed by atoms with Crippen LogP contribution in [0.15, 0.2) is 42.6 Å². The highest BCUT2D eigenvalue weighted by atomic mass is 16.5. The van der Waals surface area contributed by atoms with Gasteiger partial charge < -0.3 is 10.1 Å². The van der Waals surface area contributed by atoms with Crippen LogP contribution in [0.25, 0.3) is 0 Å². The van der Waals surface area contributed by atoms with E-state index in [9.17, 15) is 0 Å². The molecule has 0 fully saturated rings. The molecule has 22 heavy (non-hydrogen) atoms. The molecule has 1 heterocycles. The maximum absolute atomic E-state index is 8.49. The van der Waals surface area contributed by atoms with Crippen LogP contribution in [0.5, 0.6) is 5.75 Å². The maximum Gasteiger partial charge on any atom is 0.135 e. The molecule has 0 saturated carbocycles. The molecule has 116 valence electrons. The second kappa shape index (κ2) is 7.59. The van der Waals surface area contributed by atoms with Crippen molar-refractivity contribution in [2.24, 2.45) is 5.92 Å². The fourth-order valence-corrected chi connectivity index (χ4v) is 2.11. The highest BCUT2D eigenvalue weighted by Crippen LogP contribution is 2.20. The van der Waals surface area contributed by atoms with Crippen LogP contribution in [-0.4, -0.2) is 23.8 Å². The molecule has 1 aromatic heterocycles. The molecular formula is C18H23N3O. The van der Waals surface area contributed by atoms with Gasteiger partial charge in [0.15, 0.2) is 0 Å². The van der Waals surface area contributed by atoms with Gasteiger partial charge in [0.25, 0.3) is 0 Å². The zero-order valence-electron chi connectivity index (χ0n) is 13.4. The standard InChI is InChI=1S/C18H23N3O/c1-4-22-15-8-5-7-14(11-15)17(19)16-9-6-10-20-18(16)21-12-13(2)3/h5-11,13,19H,4,12H2,1-3H3,(H,20,21). The molecule has 4 nitrogen and oxygen atoms in total. The molecule has 2 rings (SSSR count). The lowest BCUT2D eigenvalue weighted by atomic mass is 10.0. The van der Waals surface area contributed by atoms with Gasteiger partial charge in [-0.3, -0.25) is 5.41 Å². The van der Waals surface area contributed by atoms with Gasteiger partial charge in [0, 0.05) is 23.9 Å². The third kappa shape index (κ3) is 4.07. The van der Waals surface area contributed by atoms with Crippen LogP contribution in [0, 0.1) is 11.3 Å². The Hall–Kier alpha value is -2.36. The van der Waals surface area contributed by atoms with E-state index >= 15 is 0 Å². The van der Waals surface area contributed by atoms with Gasteiger partial charge in [-0.15, -0.1) is 0 Å². The number of ether oxygens (including phenoxy) is 1. The zero-order valence-corrected chi connectivity index (χ0v) is 13.4. The van der Waals surface area contributed by atoms with Crippen molar-refractivity contribution in [2.75, 3.05) is 18.5 Å². The first kappa shape index (κ1) is 16.0. The highest BCUT2D eigenvalue weighted by molar-refractivity contribution is 6.13. The van der Waals surface area contributed by atoms with Crippen molar-refractivity contribution in [1.29, 1.82) is 5.41 Å². The van der Waals surface area contributed by atoms with Crippen molar-refractivity contribution in [2.45, 2.75) is 20.8 Å². The Bertz CT molecular complexity index is 638. The number of aromatic nitrogens is 1. The second-order valence-electron chi connectivity index (χ2n) is 5.51. The molecular weight excluding hydrogens is 274 g/mol. The topological polar surface area (TPSA) is 58.0 Å². The van der Waals surface area contributed by atoms with Gasteiger partial charge in [-0.1, -0.05) is 26.0 Å². The molecule has 1 aromatic carbocycles. The molecule has 0 atom stereocenters. The van der Waals surface area contributed by atoms with Gasteiger partial charge in [-0.25, -0.2) is 4.98 Å². The van der Waals surface area contributed by atoms with E-state index in [1.165, 1.54) is 0 Å². The predicted octanol–water partition coefficient (Wildman–Crippen LogP) is 3.96. The minimum Gasteiger partial charge on any atom is -0.494 e. The van der Waals surface area contributed by atoms with Crippen LogP contribution in [0.3, 0.4) is 0 Å². The molecule has 0 unspecified atom stereocenters. The summed E-state index contributed by atoms with van der Waals surface area (Å²) in [6.45, 7) is 7.69. The van der Waals surface area contributed by atoms with Crippen LogP contribution >= 0.6 is 0 Å². The summed E-state index contributed by atoms with van der Waals surface area (Å²) in [4.78, 5) is 4.37. The Kier molecular flexibility index (Phi) is 5.53. The van der Waals surface area contributed by atoms with Crippen LogP contribution in [0.2, 0.25) is 0 Å². The molecule has 2 aromatic rings. The fourth-order valence-electron chi connectivity index (χ4n) is 2.11. The first-order valence-electron chi connectivity index (χ1n) is 7.62. The Morgan fingerprint density at radius 1 is 1.27 bits per heavy atom. The van der Waals surface area contributed by atoms with Crippen LogP contribution in [0.4, 0.5) is 5.82 Å². The van der Waals surface area contributed by atoms with Crippen molar-refractivity contribution in [3.05, 3.63) is 53.7 Å². The summed E-state index contributed by atoms with van der Waals surface area (Å²) >= 11 is 0. The van der Waals surface area contributed by atoms with Crippen molar-refractivity contribution >= 4 is 11.5 Å². The molecule has 4 heteroatoms. The Morgan fingerprint density at radius 3 is 2.82 bits per heavy atom. The number of nitrogens with one attached hydrogen (secondary N) is 2. The van der Waals surface area contributed by atoms with Crippen LogP contribution in [-0.2, 0) is 0 Å².